The SMILES string of the molecule is O=C(CCC1(CCC2(CCC(=O)OC3C=CC=CC3)c3ccccc3-c3ccccc32)C2=CC=CCC2C2=C1CCC=C2)Oc1ccccc1. The lowest BCUT2D eigenvalue weighted by atomic mass is 9.62. The molecule has 0 radical (unpaired) electrons. The predicted molar refractivity (Wildman–Crippen MR) is 198 cm³/mol. The Bertz CT molecular complexity index is 1930. The zero-order chi connectivity index (χ0) is 34.0. The van der Waals surface area contributed by atoms with Crippen LogP contribution in [0.25, 0.3) is 11.1 Å². The minimum atomic E-state index is -0.375. The summed E-state index contributed by atoms with van der Waals surface area (Å²) in [5.41, 5.74) is 8.82. The van der Waals surface area contributed by atoms with Crippen molar-refractivity contribution in [1.29, 1.82) is 0 Å². The maximum atomic E-state index is 13.5. The fraction of sp³-hybridized carbons (Fsp3) is 0.304. The van der Waals surface area contributed by atoms with Gasteiger partial charge < -0.3 is 9.47 Å². The Morgan fingerprint density at radius 2 is 1.36 bits per heavy atom. The molecule has 50 heavy (non-hydrogen) atoms. The van der Waals surface area contributed by atoms with Crippen molar-refractivity contribution in [1.82, 2.24) is 0 Å². The fourth-order valence-corrected chi connectivity index (χ4v) is 9.51. The first-order valence-corrected chi connectivity index (χ1v) is 18.3. The Morgan fingerprint density at radius 1 is 0.680 bits per heavy atom. The molecule has 0 aliphatic heterocycles. The molecule has 0 amide bonds. The molecule has 5 aliphatic carbocycles. The van der Waals surface area contributed by atoms with Crippen molar-refractivity contribution in [3.8, 4) is 16.9 Å². The lowest BCUT2D eigenvalue weighted by Gasteiger charge is -2.41. The van der Waals surface area contributed by atoms with Crippen LogP contribution in [0.1, 0.15) is 75.3 Å². The summed E-state index contributed by atoms with van der Waals surface area (Å²) in [7, 11) is 0. The Kier molecular flexibility index (Phi) is 8.87. The van der Waals surface area contributed by atoms with E-state index in [0.717, 1.165) is 32.1 Å². The van der Waals surface area contributed by atoms with E-state index in [1.54, 1.807) is 0 Å². The smallest absolute Gasteiger partial charge is 0.311 e. The summed E-state index contributed by atoms with van der Waals surface area (Å²) < 4.78 is 11.8. The topological polar surface area (TPSA) is 52.6 Å². The van der Waals surface area contributed by atoms with Crippen LogP contribution in [0.3, 0.4) is 0 Å². The summed E-state index contributed by atoms with van der Waals surface area (Å²) in [5, 5.41) is 0. The van der Waals surface area contributed by atoms with E-state index in [-0.39, 0.29) is 28.9 Å². The quantitative estimate of drug-likeness (QED) is 0.152. The zero-order valence-electron chi connectivity index (χ0n) is 28.6. The van der Waals surface area contributed by atoms with Crippen LogP contribution in [0.4, 0.5) is 0 Å². The third-order valence-corrected chi connectivity index (χ3v) is 11.7. The summed E-state index contributed by atoms with van der Waals surface area (Å²) in [6, 6.07) is 26.9. The first kappa shape index (κ1) is 32.3. The number of para-hydroxylation sites is 1. The van der Waals surface area contributed by atoms with E-state index < -0.39 is 0 Å². The Morgan fingerprint density at radius 3 is 2.12 bits per heavy atom. The molecule has 0 saturated carbocycles. The van der Waals surface area contributed by atoms with Gasteiger partial charge in [0.2, 0.25) is 0 Å². The third-order valence-electron chi connectivity index (χ3n) is 11.7. The van der Waals surface area contributed by atoms with E-state index in [1.165, 1.54) is 39.0 Å². The van der Waals surface area contributed by atoms with Gasteiger partial charge in [0.05, 0.1) is 0 Å². The lowest BCUT2D eigenvalue weighted by molar-refractivity contribution is -0.147. The van der Waals surface area contributed by atoms with Crippen LogP contribution in [0, 0.1) is 11.3 Å². The molecule has 4 heteroatoms. The molecule has 3 aromatic carbocycles. The highest BCUT2D eigenvalue weighted by molar-refractivity contribution is 5.82. The molecule has 3 atom stereocenters. The van der Waals surface area contributed by atoms with E-state index in [2.05, 4.69) is 78.9 Å². The van der Waals surface area contributed by atoms with Crippen LogP contribution in [0.2, 0.25) is 0 Å². The van der Waals surface area contributed by atoms with Gasteiger partial charge in [-0.25, -0.2) is 0 Å². The van der Waals surface area contributed by atoms with Crippen LogP contribution < -0.4 is 4.74 Å². The first-order valence-electron chi connectivity index (χ1n) is 18.3. The zero-order valence-corrected chi connectivity index (χ0v) is 28.6. The first-order chi connectivity index (χ1) is 24.6. The van der Waals surface area contributed by atoms with Crippen molar-refractivity contribution in [2.24, 2.45) is 11.3 Å². The second-order valence-corrected chi connectivity index (χ2v) is 14.3. The Labute approximate surface area is 295 Å². The molecule has 0 fully saturated rings. The van der Waals surface area contributed by atoms with E-state index >= 15 is 0 Å². The molecular formula is C46H44O4. The van der Waals surface area contributed by atoms with Gasteiger partial charge in [-0.05, 0) is 91.0 Å². The van der Waals surface area contributed by atoms with Crippen molar-refractivity contribution in [3.05, 3.63) is 161 Å². The Hall–Kier alpha value is -4.96. The van der Waals surface area contributed by atoms with Gasteiger partial charge in [0, 0.05) is 36.0 Å². The number of carbonyl (C=O) groups is 2. The summed E-state index contributed by atoms with van der Waals surface area (Å²) in [6.07, 6.45) is 26.7. The molecule has 4 nitrogen and oxygen atoms in total. The predicted octanol–water partition coefficient (Wildman–Crippen LogP) is 10.5. The summed E-state index contributed by atoms with van der Waals surface area (Å²) in [4.78, 5) is 27.0. The molecule has 0 bridgehead atoms. The maximum Gasteiger partial charge on any atom is 0.311 e. The van der Waals surface area contributed by atoms with Crippen LogP contribution in [-0.4, -0.2) is 18.0 Å². The summed E-state index contributed by atoms with van der Waals surface area (Å²) in [6.45, 7) is 0. The molecule has 252 valence electrons. The molecule has 8 rings (SSSR count). The normalized spacial score (nSPS) is 23.5. The van der Waals surface area contributed by atoms with Gasteiger partial charge >= 0.3 is 11.9 Å². The lowest BCUT2D eigenvalue weighted by Crippen LogP contribution is -2.33. The number of esters is 2. The largest absolute Gasteiger partial charge is 0.458 e. The standard InChI is InChI=1S/C46H44O4/c47-43(49-33-15-3-1-4-16-33)27-29-45(39-23-11-7-19-35(39)36-20-8-12-24-40(36)45)31-32-46(30-28-44(48)50-34-17-5-2-6-18-34)41-25-13-9-21-37(41)38-22-10-14-26-42(38)46/h1-13,15,17-20,22-25,33,37H,14,16,21,26-32H2. The van der Waals surface area contributed by atoms with Crippen LogP contribution in [0.5, 0.6) is 5.75 Å². The van der Waals surface area contributed by atoms with Crippen molar-refractivity contribution in [2.75, 3.05) is 0 Å². The number of fused-ring (bicyclic) bond motifs is 5. The van der Waals surface area contributed by atoms with Crippen LogP contribution >= 0.6 is 0 Å². The minimum Gasteiger partial charge on any atom is -0.458 e. The highest BCUT2D eigenvalue weighted by Gasteiger charge is 2.51. The number of hydrogen-bond acceptors (Lipinski definition) is 4. The number of rotatable bonds is 11. The van der Waals surface area contributed by atoms with Crippen molar-refractivity contribution >= 4 is 11.9 Å². The van der Waals surface area contributed by atoms with Gasteiger partial charge in [0.25, 0.3) is 0 Å². The number of hydrogen-bond donors (Lipinski definition) is 0. The van der Waals surface area contributed by atoms with E-state index in [9.17, 15) is 9.59 Å². The van der Waals surface area contributed by atoms with Gasteiger partial charge in [0.15, 0.2) is 0 Å². The van der Waals surface area contributed by atoms with Gasteiger partial charge in [-0.1, -0.05) is 126 Å². The van der Waals surface area contributed by atoms with Crippen molar-refractivity contribution in [3.63, 3.8) is 0 Å². The minimum absolute atomic E-state index is 0.155. The van der Waals surface area contributed by atoms with E-state index in [0.29, 0.717) is 43.8 Å². The van der Waals surface area contributed by atoms with Crippen LogP contribution in [0.15, 0.2) is 150 Å². The highest BCUT2D eigenvalue weighted by Crippen LogP contribution is 2.63. The molecule has 0 N–H and O–H groups in total. The monoisotopic (exact) mass is 660 g/mol. The number of ether oxygens (including phenoxy) is 2. The fourth-order valence-electron chi connectivity index (χ4n) is 9.51. The van der Waals surface area contributed by atoms with E-state index in [4.69, 9.17) is 9.47 Å². The van der Waals surface area contributed by atoms with Gasteiger partial charge in [-0.15, -0.1) is 0 Å². The average Bonchev–Trinajstić information content (AvgIpc) is 3.61. The molecule has 3 unspecified atom stereocenters. The van der Waals surface area contributed by atoms with Crippen molar-refractivity contribution < 1.29 is 19.1 Å². The van der Waals surface area contributed by atoms with Crippen LogP contribution in [-0.2, 0) is 19.7 Å². The third kappa shape index (κ3) is 5.85. The second kappa shape index (κ2) is 13.7. The molecule has 3 aromatic rings. The molecule has 5 aliphatic rings. The highest BCUT2D eigenvalue weighted by atomic mass is 16.5. The molecule has 0 aromatic heterocycles. The molecular weight excluding hydrogens is 617 g/mol. The van der Waals surface area contributed by atoms with Gasteiger partial charge in [-0.3, -0.25) is 9.59 Å². The molecule has 0 saturated heterocycles. The number of benzene rings is 3. The number of allylic oxidation sites excluding steroid dienone is 10. The summed E-state index contributed by atoms with van der Waals surface area (Å²) in [5.74, 6) is 0.572. The van der Waals surface area contributed by atoms with E-state index in [1.807, 2.05) is 54.6 Å². The molecule has 0 spiro atoms. The summed E-state index contributed by atoms with van der Waals surface area (Å²) >= 11 is 0. The maximum absolute atomic E-state index is 13.5. The molecule has 0 heterocycles. The van der Waals surface area contributed by atoms with Gasteiger partial charge in [-0.2, -0.15) is 0 Å². The number of carbonyl (C=O) groups excluding carboxylic acids is 2. The second-order valence-electron chi connectivity index (χ2n) is 14.3. The van der Waals surface area contributed by atoms with Gasteiger partial charge in [0.1, 0.15) is 11.9 Å². The average molecular weight is 661 g/mol. The Balaban J connectivity index is 1.16. The van der Waals surface area contributed by atoms with Crippen molar-refractivity contribution in [2.45, 2.75) is 75.7 Å².